The van der Waals surface area contributed by atoms with Gasteiger partial charge in [-0.05, 0) is 44.4 Å². The lowest BCUT2D eigenvalue weighted by atomic mass is 10.1. The number of ether oxygens (including phenoxy) is 2. The van der Waals surface area contributed by atoms with Gasteiger partial charge in [0.2, 0.25) is 0 Å². The van der Waals surface area contributed by atoms with Crippen LogP contribution in [-0.4, -0.2) is 31.6 Å². The lowest BCUT2D eigenvalue weighted by molar-refractivity contribution is -0.143. The Hall–Kier alpha value is -2.04. The fourth-order valence-corrected chi connectivity index (χ4v) is 1.75. The number of hydrogen-bond donors (Lipinski definition) is 1. The first kappa shape index (κ1) is 17.0. The summed E-state index contributed by atoms with van der Waals surface area (Å²) in [5, 5.41) is 2.71. The van der Waals surface area contributed by atoms with Crippen molar-refractivity contribution in [1.82, 2.24) is 5.32 Å². The maximum Gasteiger partial charge on any atom is 0.305 e. The molecule has 0 unspecified atom stereocenters. The Morgan fingerprint density at radius 1 is 1.24 bits per heavy atom. The minimum atomic E-state index is -0.238. The summed E-state index contributed by atoms with van der Waals surface area (Å²) in [5.41, 5.74) is 2.08. The van der Waals surface area contributed by atoms with Crippen molar-refractivity contribution in [2.24, 2.45) is 0 Å². The number of esters is 1. The zero-order valence-corrected chi connectivity index (χ0v) is 12.9. The smallest absolute Gasteiger partial charge is 0.305 e. The predicted octanol–water partition coefficient (Wildman–Crippen LogP) is 2.14. The summed E-state index contributed by atoms with van der Waals surface area (Å²) >= 11 is 0. The minimum Gasteiger partial charge on any atom is -0.483 e. The molecule has 1 amide bonds. The van der Waals surface area contributed by atoms with Crippen molar-refractivity contribution in [1.29, 1.82) is 0 Å². The van der Waals surface area contributed by atoms with Crippen molar-refractivity contribution in [3.8, 4) is 5.75 Å². The summed E-state index contributed by atoms with van der Waals surface area (Å²) in [6, 6.07) is 5.86. The number of aryl methyl sites for hydroxylation is 2. The van der Waals surface area contributed by atoms with E-state index in [0.29, 0.717) is 26.0 Å². The third-order valence-electron chi connectivity index (χ3n) is 2.89. The van der Waals surface area contributed by atoms with Gasteiger partial charge in [0.05, 0.1) is 6.61 Å². The van der Waals surface area contributed by atoms with E-state index in [1.807, 2.05) is 32.0 Å². The van der Waals surface area contributed by atoms with Gasteiger partial charge >= 0.3 is 5.97 Å². The van der Waals surface area contributed by atoms with Gasteiger partial charge in [-0.25, -0.2) is 0 Å². The molecule has 0 atom stereocenters. The first-order chi connectivity index (χ1) is 10.0. The summed E-state index contributed by atoms with van der Waals surface area (Å²) < 4.78 is 10.3. The second-order valence-corrected chi connectivity index (χ2v) is 4.82. The summed E-state index contributed by atoms with van der Waals surface area (Å²) in [6.45, 7) is 6.48. The van der Waals surface area contributed by atoms with E-state index in [1.54, 1.807) is 6.92 Å². The van der Waals surface area contributed by atoms with Crippen molar-refractivity contribution in [3.63, 3.8) is 0 Å². The molecule has 0 fully saturated rings. The van der Waals surface area contributed by atoms with Crippen LogP contribution in [0, 0.1) is 13.8 Å². The second kappa shape index (κ2) is 9.00. The van der Waals surface area contributed by atoms with Crippen LogP contribution < -0.4 is 10.1 Å². The van der Waals surface area contributed by atoms with E-state index in [2.05, 4.69) is 5.32 Å². The molecule has 5 heteroatoms. The van der Waals surface area contributed by atoms with Crippen LogP contribution in [0.1, 0.15) is 30.9 Å². The van der Waals surface area contributed by atoms with E-state index in [-0.39, 0.29) is 18.5 Å². The van der Waals surface area contributed by atoms with E-state index in [4.69, 9.17) is 9.47 Å². The van der Waals surface area contributed by atoms with E-state index in [9.17, 15) is 9.59 Å². The Morgan fingerprint density at radius 3 is 2.71 bits per heavy atom. The van der Waals surface area contributed by atoms with Gasteiger partial charge in [-0.1, -0.05) is 12.1 Å². The van der Waals surface area contributed by atoms with Gasteiger partial charge in [0.15, 0.2) is 6.61 Å². The highest BCUT2D eigenvalue weighted by molar-refractivity contribution is 5.77. The van der Waals surface area contributed by atoms with Crippen LogP contribution in [-0.2, 0) is 14.3 Å². The van der Waals surface area contributed by atoms with Crippen molar-refractivity contribution in [3.05, 3.63) is 29.3 Å². The molecule has 0 spiro atoms. The third kappa shape index (κ3) is 6.79. The van der Waals surface area contributed by atoms with E-state index in [0.717, 1.165) is 16.9 Å². The van der Waals surface area contributed by atoms with Gasteiger partial charge < -0.3 is 14.8 Å². The molecule has 5 nitrogen and oxygen atoms in total. The van der Waals surface area contributed by atoms with Crippen LogP contribution in [0.2, 0.25) is 0 Å². The number of carbonyl (C=O) groups is 2. The molecule has 0 radical (unpaired) electrons. The van der Waals surface area contributed by atoms with Crippen molar-refractivity contribution < 1.29 is 19.1 Å². The lowest BCUT2D eigenvalue weighted by Crippen LogP contribution is -2.30. The molecule has 21 heavy (non-hydrogen) atoms. The summed E-state index contributed by atoms with van der Waals surface area (Å²) in [7, 11) is 0. The highest BCUT2D eigenvalue weighted by Gasteiger charge is 2.06. The fourth-order valence-electron chi connectivity index (χ4n) is 1.75. The van der Waals surface area contributed by atoms with Gasteiger partial charge in [-0.3, -0.25) is 9.59 Å². The highest BCUT2D eigenvalue weighted by Crippen LogP contribution is 2.18. The molecule has 0 bridgehead atoms. The molecular formula is C16H23NO4. The van der Waals surface area contributed by atoms with Crippen molar-refractivity contribution in [2.75, 3.05) is 19.8 Å². The molecule has 0 saturated carbocycles. The Balaban J connectivity index is 2.22. The first-order valence-electron chi connectivity index (χ1n) is 7.15. The molecular weight excluding hydrogens is 270 g/mol. The van der Waals surface area contributed by atoms with Crippen molar-refractivity contribution in [2.45, 2.75) is 33.6 Å². The Morgan fingerprint density at radius 2 is 2.00 bits per heavy atom. The average Bonchev–Trinajstić information content (AvgIpc) is 2.45. The quantitative estimate of drug-likeness (QED) is 0.589. The van der Waals surface area contributed by atoms with Gasteiger partial charge in [0.1, 0.15) is 5.75 Å². The topological polar surface area (TPSA) is 64.6 Å². The predicted molar refractivity (Wildman–Crippen MR) is 80.3 cm³/mol. The van der Waals surface area contributed by atoms with Crippen LogP contribution >= 0.6 is 0 Å². The Bertz CT molecular complexity index is 485. The SMILES string of the molecule is CCOC(=O)CCCNC(=O)COc1cc(C)ccc1C. The van der Waals surface area contributed by atoms with Crippen LogP contribution in [0.4, 0.5) is 0 Å². The van der Waals surface area contributed by atoms with Gasteiger partial charge in [-0.15, -0.1) is 0 Å². The molecule has 1 N–H and O–H groups in total. The zero-order chi connectivity index (χ0) is 15.7. The highest BCUT2D eigenvalue weighted by atomic mass is 16.5. The summed E-state index contributed by atoms with van der Waals surface area (Å²) in [6.07, 6.45) is 0.875. The molecule has 1 aromatic carbocycles. The third-order valence-corrected chi connectivity index (χ3v) is 2.89. The lowest BCUT2D eigenvalue weighted by Gasteiger charge is -2.10. The summed E-state index contributed by atoms with van der Waals surface area (Å²) in [4.78, 5) is 22.7. The monoisotopic (exact) mass is 293 g/mol. The van der Waals surface area contributed by atoms with Crippen molar-refractivity contribution >= 4 is 11.9 Å². The van der Waals surface area contributed by atoms with Gasteiger partial charge in [0, 0.05) is 13.0 Å². The molecule has 0 aliphatic carbocycles. The zero-order valence-electron chi connectivity index (χ0n) is 12.9. The Kier molecular flexibility index (Phi) is 7.29. The van der Waals surface area contributed by atoms with Gasteiger partial charge in [-0.2, -0.15) is 0 Å². The number of benzene rings is 1. The molecule has 0 aliphatic rings. The maximum atomic E-state index is 11.6. The minimum absolute atomic E-state index is 0.0241. The molecule has 1 aromatic rings. The fraction of sp³-hybridized carbons (Fsp3) is 0.500. The molecule has 0 heterocycles. The normalized spacial score (nSPS) is 10.0. The Labute approximate surface area is 125 Å². The molecule has 0 aromatic heterocycles. The van der Waals surface area contributed by atoms with Crippen LogP contribution in [0.5, 0.6) is 5.75 Å². The standard InChI is InChI=1S/C16H23NO4/c1-4-20-16(19)6-5-9-17-15(18)11-21-14-10-12(2)7-8-13(14)3/h7-8,10H,4-6,9,11H2,1-3H3,(H,17,18). The van der Waals surface area contributed by atoms with Gasteiger partial charge in [0.25, 0.3) is 5.91 Å². The van der Waals surface area contributed by atoms with E-state index in [1.165, 1.54) is 0 Å². The molecule has 1 rings (SSSR count). The number of rotatable bonds is 8. The number of hydrogen-bond acceptors (Lipinski definition) is 4. The van der Waals surface area contributed by atoms with Crippen LogP contribution in [0.15, 0.2) is 18.2 Å². The average molecular weight is 293 g/mol. The summed E-state index contributed by atoms with van der Waals surface area (Å²) in [5.74, 6) is 0.287. The number of nitrogens with one attached hydrogen (secondary N) is 1. The van der Waals surface area contributed by atoms with Crippen LogP contribution in [0.3, 0.4) is 0 Å². The largest absolute Gasteiger partial charge is 0.483 e. The number of amides is 1. The number of carbonyl (C=O) groups excluding carboxylic acids is 2. The molecule has 116 valence electrons. The molecule has 0 aliphatic heterocycles. The first-order valence-corrected chi connectivity index (χ1v) is 7.15. The van der Waals surface area contributed by atoms with E-state index < -0.39 is 0 Å². The van der Waals surface area contributed by atoms with Crippen LogP contribution in [0.25, 0.3) is 0 Å². The second-order valence-electron chi connectivity index (χ2n) is 4.82. The van der Waals surface area contributed by atoms with E-state index >= 15 is 0 Å². The maximum absolute atomic E-state index is 11.6. The molecule has 0 saturated heterocycles.